The second-order valence-corrected chi connectivity index (χ2v) is 10.8. The lowest BCUT2D eigenvalue weighted by molar-refractivity contribution is -0.117. The van der Waals surface area contributed by atoms with Crippen LogP contribution in [0.3, 0.4) is 0 Å². The monoisotopic (exact) mass is 493 g/mol. The van der Waals surface area contributed by atoms with Gasteiger partial charge in [0.2, 0.25) is 11.9 Å². The highest BCUT2D eigenvalue weighted by Crippen LogP contribution is 2.25. The average molecular weight is 494 g/mol. The van der Waals surface area contributed by atoms with E-state index in [1.54, 1.807) is 11.3 Å². The lowest BCUT2D eigenvalue weighted by Gasteiger charge is -2.44. The van der Waals surface area contributed by atoms with Gasteiger partial charge in [-0.15, -0.1) is 11.3 Å². The van der Waals surface area contributed by atoms with Crippen LogP contribution in [0.25, 0.3) is 10.2 Å². The molecule has 2 fully saturated rings. The van der Waals surface area contributed by atoms with Gasteiger partial charge in [-0.25, -0.2) is 9.97 Å². The Hall–Kier alpha value is -2.59. The van der Waals surface area contributed by atoms with Gasteiger partial charge in [0.25, 0.3) is 0 Å². The van der Waals surface area contributed by atoms with Gasteiger partial charge in [0.05, 0.1) is 6.54 Å². The summed E-state index contributed by atoms with van der Waals surface area (Å²) in [4.78, 5) is 30.4. The van der Waals surface area contributed by atoms with Crippen molar-refractivity contribution in [3.8, 4) is 0 Å². The number of thiophene rings is 1. The molecule has 5 rings (SSSR count). The maximum atomic E-state index is 13.0. The van der Waals surface area contributed by atoms with Gasteiger partial charge in [-0.3, -0.25) is 14.6 Å². The fourth-order valence-corrected chi connectivity index (χ4v) is 5.98. The number of rotatable bonds is 6. The van der Waals surface area contributed by atoms with E-state index in [0.29, 0.717) is 6.54 Å². The number of anilines is 2. The third kappa shape index (κ3) is 5.64. The first-order valence-electron chi connectivity index (χ1n) is 12.5. The van der Waals surface area contributed by atoms with Crippen molar-refractivity contribution >= 4 is 39.1 Å². The molecule has 0 saturated carbocycles. The number of nitrogens with one attached hydrogen (secondary N) is 2. The third-order valence-corrected chi connectivity index (χ3v) is 7.80. The second-order valence-electron chi connectivity index (χ2n) is 9.87. The number of benzene rings is 1. The van der Waals surface area contributed by atoms with E-state index in [0.717, 1.165) is 73.2 Å². The van der Waals surface area contributed by atoms with Gasteiger partial charge >= 0.3 is 0 Å². The summed E-state index contributed by atoms with van der Waals surface area (Å²) >= 11 is 1.64. The molecule has 3 aromatic rings. The molecular weight excluding hydrogens is 458 g/mol. The molecule has 4 heterocycles. The molecule has 0 bridgehead atoms. The zero-order valence-corrected chi connectivity index (χ0v) is 21.6. The first-order chi connectivity index (χ1) is 17.0. The van der Waals surface area contributed by atoms with Gasteiger partial charge in [-0.2, -0.15) is 0 Å². The van der Waals surface area contributed by atoms with E-state index in [9.17, 15) is 4.79 Å². The van der Waals surface area contributed by atoms with Crippen LogP contribution in [0, 0.1) is 6.92 Å². The molecule has 2 saturated heterocycles. The van der Waals surface area contributed by atoms with Crippen molar-refractivity contribution in [3.63, 3.8) is 0 Å². The van der Waals surface area contributed by atoms with E-state index in [2.05, 4.69) is 80.7 Å². The highest BCUT2D eigenvalue weighted by molar-refractivity contribution is 7.16. The molecule has 9 heteroatoms. The highest BCUT2D eigenvalue weighted by atomic mass is 32.1. The van der Waals surface area contributed by atoms with Gasteiger partial charge in [0.1, 0.15) is 4.83 Å². The first kappa shape index (κ1) is 24.1. The highest BCUT2D eigenvalue weighted by Gasteiger charge is 2.32. The van der Waals surface area contributed by atoms with Crippen molar-refractivity contribution in [2.45, 2.75) is 39.4 Å². The van der Waals surface area contributed by atoms with E-state index in [4.69, 9.17) is 4.98 Å². The summed E-state index contributed by atoms with van der Waals surface area (Å²) in [5.74, 6) is 0.817. The summed E-state index contributed by atoms with van der Waals surface area (Å²) in [6.45, 7) is 13.5. The minimum Gasteiger partial charge on any atom is -0.333 e. The topological polar surface area (TPSA) is 76.6 Å². The summed E-state index contributed by atoms with van der Waals surface area (Å²) in [5.41, 5.74) is 3.25. The molecule has 0 radical (unpaired) electrons. The fourth-order valence-electron chi connectivity index (χ4n) is 5.25. The molecule has 2 aromatic heterocycles. The molecule has 2 N–H and O–H groups in total. The lowest BCUT2D eigenvalue weighted by atomic mass is 10.1. The van der Waals surface area contributed by atoms with E-state index < -0.39 is 0 Å². The van der Waals surface area contributed by atoms with E-state index in [1.807, 2.05) is 6.20 Å². The Bertz CT molecular complexity index is 1160. The predicted octanol–water partition coefficient (Wildman–Crippen LogP) is 2.94. The Kier molecular flexibility index (Phi) is 7.29. The van der Waals surface area contributed by atoms with Crippen molar-refractivity contribution in [2.24, 2.45) is 0 Å². The average Bonchev–Trinajstić information content (AvgIpc) is 3.29. The number of nitrogens with zero attached hydrogens (tertiary/aromatic N) is 5. The predicted molar refractivity (Wildman–Crippen MR) is 143 cm³/mol. The molecular formula is C26H35N7OS. The lowest BCUT2D eigenvalue weighted by Crippen LogP contribution is -2.58. The van der Waals surface area contributed by atoms with Crippen molar-refractivity contribution in [2.75, 3.05) is 56.0 Å². The van der Waals surface area contributed by atoms with Gasteiger partial charge < -0.3 is 15.5 Å². The molecule has 1 aromatic carbocycles. The summed E-state index contributed by atoms with van der Waals surface area (Å²) in [7, 11) is 0. The molecule has 1 amide bonds. The number of hydrogen-bond donors (Lipinski definition) is 2. The van der Waals surface area contributed by atoms with Crippen molar-refractivity contribution < 1.29 is 4.79 Å². The van der Waals surface area contributed by atoms with Crippen LogP contribution in [0.5, 0.6) is 0 Å². The maximum Gasteiger partial charge on any atom is 0.238 e. The summed E-state index contributed by atoms with van der Waals surface area (Å²) in [5, 5.41) is 9.71. The van der Waals surface area contributed by atoms with Crippen molar-refractivity contribution in [3.05, 3.63) is 47.0 Å². The molecule has 8 nitrogen and oxygen atoms in total. The van der Waals surface area contributed by atoms with Crippen molar-refractivity contribution in [1.29, 1.82) is 0 Å². The summed E-state index contributed by atoms with van der Waals surface area (Å²) in [6.07, 6.45) is 1.91. The Morgan fingerprint density at radius 3 is 2.69 bits per heavy atom. The van der Waals surface area contributed by atoms with Gasteiger partial charge in [0.15, 0.2) is 0 Å². The normalized spacial score (nSPS) is 22.0. The molecule has 2 atom stereocenters. The molecule has 2 aliphatic rings. The molecule has 0 aliphatic carbocycles. The van der Waals surface area contributed by atoms with Gasteiger partial charge in [-0.1, -0.05) is 12.1 Å². The second kappa shape index (κ2) is 10.6. The maximum absolute atomic E-state index is 13.0. The van der Waals surface area contributed by atoms with Crippen LogP contribution in [0.15, 0.2) is 35.8 Å². The zero-order chi connectivity index (χ0) is 24.4. The summed E-state index contributed by atoms with van der Waals surface area (Å²) in [6, 6.07) is 8.90. The van der Waals surface area contributed by atoms with Crippen LogP contribution in [0.4, 0.5) is 11.6 Å². The number of piperazine rings is 2. The molecule has 186 valence electrons. The Balaban J connectivity index is 1.19. The van der Waals surface area contributed by atoms with Crippen molar-refractivity contribution in [1.82, 2.24) is 25.1 Å². The number of carbonyl (C=O) groups is 1. The smallest absolute Gasteiger partial charge is 0.238 e. The van der Waals surface area contributed by atoms with Crippen LogP contribution in [0.2, 0.25) is 0 Å². The minimum absolute atomic E-state index is 0.0385. The Morgan fingerprint density at radius 1 is 1.14 bits per heavy atom. The number of aromatic nitrogens is 2. The minimum atomic E-state index is 0.0385. The zero-order valence-electron chi connectivity index (χ0n) is 20.8. The number of hydrogen-bond acceptors (Lipinski definition) is 8. The molecule has 0 unspecified atom stereocenters. The Morgan fingerprint density at radius 2 is 1.91 bits per heavy atom. The number of carbonyl (C=O) groups excluding carboxylic acids is 1. The van der Waals surface area contributed by atoms with Crippen LogP contribution in [-0.2, 0) is 11.3 Å². The van der Waals surface area contributed by atoms with Crippen LogP contribution >= 0.6 is 11.3 Å². The molecule has 2 aliphatic heterocycles. The SMILES string of the molecule is Cc1ccc(CN2CCNCC2)cc1NC(=O)CN1C[C@@H](C)N(c2ncc3ccsc3n2)[C@@H](C)C1. The fraction of sp³-hybridized carbons (Fsp3) is 0.500. The van der Waals surface area contributed by atoms with Gasteiger partial charge in [0, 0.05) is 75.2 Å². The van der Waals surface area contributed by atoms with E-state index in [-0.39, 0.29) is 18.0 Å². The third-order valence-electron chi connectivity index (χ3n) is 6.98. The Labute approximate surface area is 211 Å². The molecule has 35 heavy (non-hydrogen) atoms. The van der Waals surface area contributed by atoms with Crippen LogP contribution in [-0.4, -0.2) is 83.6 Å². The number of amides is 1. The standard InChI is InChI=1S/C26H35N7OS/c1-18-4-5-21(16-31-9-7-27-8-10-31)12-23(18)29-24(34)17-32-14-19(2)33(20(3)15-32)26-28-13-22-6-11-35-25(22)30-26/h4-6,11-13,19-20,27H,7-10,14-17H2,1-3H3,(H,29,34)/t19-,20+. The summed E-state index contributed by atoms with van der Waals surface area (Å²) < 4.78 is 0. The largest absolute Gasteiger partial charge is 0.333 e. The van der Waals surface area contributed by atoms with E-state index in [1.165, 1.54) is 5.56 Å². The van der Waals surface area contributed by atoms with Crippen LogP contribution < -0.4 is 15.5 Å². The van der Waals surface area contributed by atoms with Gasteiger partial charge in [-0.05, 0) is 49.4 Å². The number of aryl methyl sites for hydroxylation is 1. The number of fused-ring (bicyclic) bond motifs is 1. The molecule has 0 spiro atoms. The van der Waals surface area contributed by atoms with Crippen LogP contribution in [0.1, 0.15) is 25.0 Å². The van der Waals surface area contributed by atoms with E-state index >= 15 is 0 Å². The first-order valence-corrected chi connectivity index (χ1v) is 13.4. The quantitative estimate of drug-likeness (QED) is 0.547.